The topological polar surface area (TPSA) is 64.3 Å². The average molecular weight is 290 g/mol. The van der Waals surface area contributed by atoms with Crippen LogP contribution < -0.4 is 15.8 Å². The van der Waals surface area contributed by atoms with Gasteiger partial charge < -0.3 is 15.8 Å². The van der Waals surface area contributed by atoms with Crippen LogP contribution in [0.3, 0.4) is 0 Å². The molecule has 1 amide bonds. The molecule has 1 aromatic rings. The molecule has 0 atom stereocenters. The van der Waals surface area contributed by atoms with Gasteiger partial charge in [-0.25, -0.2) is 0 Å². The Morgan fingerprint density at radius 1 is 1.29 bits per heavy atom. The second-order valence-corrected chi connectivity index (χ2v) is 4.92. The smallest absolute Gasteiger partial charge is 0.243 e. The number of carbonyl (C=O) groups excluding carboxylic acids is 1. The average Bonchev–Trinajstić information content (AvgIpc) is 2.47. The molecular formula is C17H26N2O2. The number of ether oxygens (including phenoxy) is 1. The van der Waals surface area contributed by atoms with Gasteiger partial charge in [0.1, 0.15) is 5.75 Å². The van der Waals surface area contributed by atoms with Crippen LogP contribution in [0.4, 0.5) is 5.69 Å². The maximum absolute atomic E-state index is 11.6. The third kappa shape index (κ3) is 6.84. The van der Waals surface area contributed by atoms with Crippen LogP contribution in [0.5, 0.6) is 5.75 Å². The fourth-order valence-electron chi connectivity index (χ4n) is 1.95. The van der Waals surface area contributed by atoms with E-state index >= 15 is 0 Å². The Bertz CT molecular complexity index is 470. The number of unbranched alkanes of at least 4 members (excludes halogenated alkanes) is 3. The first kappa shape index (κ1) is 17.1. The Morgan fingerprint density at radius 3 is 2.76 bits per heavy atom. The molecule has 1 aromatic carbocycles. The summed E-state index contributed by atoms with van der Waals surface area (Å²) in [6.07, 6.45) is 7.91. The van der Waals surface area contributed by atoms with E-state index in [1.165, 1.54) is 18.9 Å². The Hall–Kier alpha value is -1.97. The van der Waals surface area contributed by atoms with Gasteiger partial charge in [0, 0.05) is 12.6 Å². The van der Waals surface area contributed by atoms with E-state index in [2.05, 4.69) is 12.2 Å². The number of rotatable bonds is 9. The summed E-state index contributed by atoms with van der Waals surface area (Å²) in [4.78, 5) is 11.6. The number of benzene rings is 1. The minimum absolute atomic E-state index is 0.0704. The molecule has 4 nitrogen and oxygen atoms in total. The molecule has 0 fully saturated rings. The molecule has 21 heavy (non-hydrogen) atoms. The van der Waals surface area contributed by atoms with Crippen molar-refractivity contribution in [2.45, 2.75) is 39.5 Å². The van der Waals surface area contributed by atoms with Crippen LogP contribution in [0.25, 0.3) is 6.08 Å². The zero-order valence-electron chi connectivity index (χ0n) is 13.0. The van der Waals surface area contributed by atoms with Crippen LogP contribution in [-0.2, 0) is 4.79 Å². The van der Waals surface area contributed by atoms with Gasteiger partial charge in [0.25, 0.3) is 0 Å². The molecule has 0 bridgehead atoms. The molecule has 116 valence electrons. The SMILES string of the molecule is CCCCCCNC(=O)/C=C\c1ccc(OCC)c(N)c1. The Labute approximate surface area is 127 Å². The summed E-state index contributed by atoms with van der Waals surface area (Å²) in [5.41, 5.74) is 7.35. The Balaban J connectivity index is 2.41. The first-order valence-corrected chi connectivity index (χ1v) is 7.65. The number of nitrogens with two attached hydrogens (primary N) is 1. The lowest BCUT2D eigenvalue weighted by atomic mass is 10.1. The molecule has 0 radical (unpaired) electrons. The molecule has 1 rings (SSSR count). The van der Waals surface area contributed by atoms with Crippen LogP contribution in [0.15, 0.2) is 24.3 Å². The first-order valence-electron chi connectivity index (χ1n) is 7.65. The van der Waals surface area contributed by atoms with Crippen molar-refractivity contribution < 1.29 is 9.53 Å². The second kappa shape index (κ2) is 9.86. The summed E-state index contributed by atoms with van der Waals surface area (Å²) in [5.74, 6) is 0.606. The summed E-state index contributed by atoms with van der Waals surface area (Å²) in [7, 11) is 0. The van der Waals surface area contributed by atoms with Gasteiger partial charge in [-0.05, 0) is 37.1 Å². The number of nitrogen functional groups attached to an aromatic ring is 1. The van der Waals surface area contributed by atoms with Crippen LogP contribution >= 0.6 is 0 Å². The third-order valence-corrected chi connectivity index (χ3v) is 3.09. The molecule has 0 aliphatic heterocycles. The highest BCUT2D eigenvalue weighted by Crippen LogP contribution is 2.22. The van der Waals surface area contributed by atoms with Crippen LogP contribution in [0.1, 0.15) is 45.1 Å². The summed E-state index contributed by atoms with van der Waals surface area (Å²) >= 11 is 0. The summed E-state index contributed by atoms with van der Waals surface area (Å²) in [5, 5.41) is 2.88. The van der Waals surface area contributed by atoms with Gasteiger partial charge in [0.2, 0.25) is 5.91 Å². The second-order valence-electron chi connectivity index (χ2n) is 4.92. The van der Waals surface area contributed by atoms with Crippen molar-refractivity contribution in [1.82, 2.24) is 5.32 Å². The van der Waals surface area contributed by atoms with E-state index < -0.39 is 0 Å². The third-order valence-electron chi connectivity index (χ3n) is 3.09. The maximum Gasteiger partial charge on any atom is 0.243 e. The van der Waals surface area contributed by atoms with Gasteiger partial charge in [-0.1, -0.05) is 32.3 Å². The predicted octanol–water partition coefficient (Wildman–Crippen LogP) is 3.38. The Kier molecular flexibility index (Phi) is 8.02. The predicted molar refractivity (Wildman–Crippen MR) is 88.2 cm³/mol. The van der Waals surface area contributed by atoms with E-state index in [9.17, 15) is 4.79 Å². The number of hydrogen-bond acceptors (Lipinski definition) is 3. The fourth-order valence-corrected chi connectivity index (χ4v) is 1.95. The van der Waals surface area contributed by atoms with E-state index in [0.29, 0.717) is 18.0 Å². The lowest BCUT2D eigenvalue weighted by molar-refractivity contribution is -0.116. The van der Waals surface area contributed by atoms with E-state index in [0.717, 1.165) is 24.9 Å². The highest BCUT2D eigenvalue weighted by molar-refractivity contribution is 5.91. The molecule has 3 N–H and O–H groups in total. The van der Waals surface area contributed by atoms with Crippen molar-refractivity contribution in [3.05, 3.63) is 29.8 Å². The first-order chi connectivity index (χ1) is 10.2. The number of anilines is 1. The number of carbonyl (C=O) groups is 1. The molecule has 4 heteroatoms. The minimum atomic E-state index is -0.0704. The van der Waals surface area contributed by atoms with Crippen LogP contribution in [-0.4, -0.2) is 19.1 Å². The number of amides is 1. The van der Waals surface area contributed by atoms with Crippen molar-refractivity contribution >= 4 is 17.7 Å². The fraction of sp³-hybridized carbons (Fsp3) is 0.471. The van der Waals surface area contributed by atoms with E-state index in [4.69, 9.17) is 10.5 Å². The quantitative estimate of drug-likeness (QED) is 0.416. The lowest BCUT2D eigenvalue weighted by Crippen LogP contribution is -2.21. The van der Waals surface area contributed by atoms with Gasteiger partial charge in [-0.15, -0.1) is 0 Å². The molecule has 0 aliphatic carbocycles. The monoisotopic (exact) mass is 290 g/mol. The summed E-state index contributed by atoms with van der Waals surface area (Å²) < 4.78 is 5.37. The van der Waals surface area contributed by atoms with Crippen LogP contribution in [0.2, 0.25) is 0 Å². The molecule has 0 saturated carbocycles. The molecule has 0 saturated heterocycles. The van der Waals surface area contributed by atoms with Gasteiger partial charge >= 0.3 is 0 Å². The molecule has 0 heterocycles. The molecule has 0 unspecified atom stereocenters. The van der Waals surface area contributed by atoms with E-state index in [-0.39, 0.29) is 5.91 Å². The Morgan fingerprint density at radius 2 is 2.10 bits per heavy atom. The number of nitrogens with one attached hydrogen (secondary N) is 1. The van der Waals surface area contributed by atoms with Crippen molar-refractivity contribution in [3.63, 3.8) is 0 Å². The maximum atomic E-state index is 11.6. The highest BCUT2D eigenvalue weighted by atomic mass is 16.5. The molecule has 0 spiro atoms. The van der Waals surface area contributed by atoms with E-state index in [1.54, 1.807) is 12.1 Å². The van der Waals surface area contributed by atoms with E-state index in [1.807, 2.05) is 19.1 Å². The molecule has 0 aromatic heterocycles. The zero-order valence-corrected chi connectivity index (χ0v) is 13.0. The highest BCUT2D eigenvalue weighted by Gasteiger charge is 2.00. The number of hydrogen-bond donors (Lipinski definition) is 2. The van der Waals surface area contributed by atoms with Crippen molar-refractivity contribution in [2.24, 2.45) is 0 Å². The van der Waals surface area contributed by atoms with Crippen molar-refractivity contribution in [2.75, 3.05) is 18.9 Å². The van der Waals surface area contributed by atoms with Gasteiger partial charge in [-0.3, -0.25) is 4.79 Å². The summed E-state index contributed by atoms with van der Waals surface area (Å²) in [6.45, 7) is 5.40. The van der Waals surface area contributed by atoms with Crippen molar-refractivity contribution in [3.8, 4) is 5.75 Å². The van der Waals surface area contributed by atoms with Gasteiger partial charge in [-0.2, -0.15) is 0 Å². The van der Waals surface area contributed by atoms with Crippen molar-refractivity contribution in [1.29, 1.82) is 0 Å². The molecular weight excluding hydrogens is 264 g/mol. The largest absolute Gasteiger partial charge is 0.492 e. The normalized spacial score (nSPS) is 10.8. The van der Waals surface area contributed by atoms with Gasteiger partial charge in [0.15, 0.2) is 0 Å². The molecule has 0 aliphatic rings. The lowest BCUT2D eigenvalue weighted by Gasteiger charge is -2.07. The standard InChI is InChI=1S/C17H26N2O2/c1-3-5-6-7-12-19-17(20)11-9-14-8-10-16(21-4-2)15(18)13-14/h8-11,13H,3-7,12,18H2,1-2H3,(H,19,20)/b11-9-. The van der Waals surface area contributed by atoms with Gasteiger partial charge in [0.05, 0.1) is 12.3 Å². The minimum Gasteiger partial charge on any atom is -0.492 e. The van der Waals surface area contributed by atoms with Crippen LogP contribution in [0, 0.1) is 0 Å². The summed E-state index contributed by atoms with van der Waals surface area (Å²) in [6, 6.07) is 5.50. The zero-order chi connectivity index (χ0) is 15.5.